The number of rotatable bonds is 4. The Hall–Kier alpha value is -1.71. The number of benzene rings is 1. The van der Waals surface area contributed by atoms with E-state index in [0.717, 1.165) is 30.4 Å². The van der Waals surface area contributed by atoms with E-state index in [1.807, 2.05) is 10.0 Å². The Labute approximate surface area is 134 Å². The standard InChI is InChI=1S/C12H9ClF2N2O3S2/c1-6(18)16-12-8(14)2-3-9(11(12)15)17-22(19,20)10-5-21-4-7(10)13/h2-5,17H,1H3,(H,16,18). The lowest BCUT2D eigenvalue weighted by atomic mass is 10.2. The molecular formula is C12H9ClF2N2O3S2. The van der Waals surface area contributed by atoms with Gasteiger partial charge in [-0.25, -0.2) is 17.2 Å². The van der Waals surface area contributed by atoms with Gasteiger partial charge in [0.1, 0.15) is 16.4 Å². The van der Waals surface area contributed by atoms with Crippen LogP contribution < -0.4 is 10.0 Å². The summed E-state index contributed by atoms with van der Waals surface area (Å²) in [7, 11) is -4.13. The quantitative estimate of drug-likeness (QED) is 0.870. The molecule has 1 amide bonds. The summed E-state index contributed by atoms with van der Waals surface area (Å²) < 4.78 is 53.9. The number of hydrogen-bond donors (Lipinski definition) is 2. The number of hydrogen-bond acceptors (Lipinski definition) is 4. The first kappa shape index (κ1) is 16.7. The average Bonchev–Trinajstić information content (AvgIpc) is 2.85. The van der Waals surface area contributed by atoms with E-state index in [-0.39, 0.29) is 9.92 Å². The lowest BCUT2D eigenvalue weighted by Gasteiger charge is -2.12. The highest BCUT2D eigenvalue weighted by Gasteiger charge is 2.22. The number of sulfonamides is 1. The van der Waals surface area contributed by atoms with E-state index < -0.39 is 38.9 Å². The predicted octanol–water partition coefficient (Wildman–Crippen LogP) is 3.44. The van der Waals surface area contributed by atoms with Gasteiger partial charge in [0.05, 0.1) is 10.7 Å². The van der Waals surface area contributed by atoms with Gasteiger partial charge >= 0.3 is 0 Å². The van der Waals surface area contributed by atoms with Crippen LogP contribution in [0.3, 0.4) is 0 Å². The van der Waals surface area contributed by atoms with Crippen molar-refractivity contribution in [3.63, 3.8) is 0 Å². The van der Waals surface area contributed by atoms with E-state index in [1.165, 1.54) is 10.8 Å². The fourth-order valence-electron chi connectivity index (χ4n) is 1.58. The molecule has 0 saturated heterocycles. The molecule has 0 unspecified atom stereocenters. The molecule has 0 aliphatic heterocycles. The zero-order valence-electron chi connectivity index (χ0n) is 11.0. The van der Waals surface area contributed by atoms with Gasteiger partial charge in [0, 0.05) is 17.7 Å². The molecule has 0 radical (unpaired) electrons. The highest BCUT2D eigenvalue weighted by molar-refractivity contribution is 7.93. The van der Waals surface area contributed by atoms with Crippen molar-refractivity contribution in [1.29, 1.82) is 0 Å². The van der Waals surface area contributed by atoms with Crippen LogP contribution in [0, 0.1) is 11.6 Å². The number of thiophene rings is 1. The summed E-state index contributed by atoms with van der Waals surface area (Å²) >= 11 is 6.80. The summed E-state index contributed by atoms with van der Waals surface area (Å²) in [6, 6.07) is 1.75. The number of carbonyl (C=O) groups is 1. The van der Waals surface area contributed by atoms with Crippen LogP contribution in [-0.2, 0) is 14.8 Å². The number of anilines is 2. The Bertz CT molecular complexity index is 837. The zero-order chi connectivity index (χ0) is 16.5. The number of carbonyl (C=O) groups excluding carboxylic acids is 1. The van der Waals surface area contributed by atoms with Crippen molar-refractivity contribution in [1.82, 2.24) is 0 Å². The van der Waals surface area contributed by atoms with Gasteiger partial charge in [-0.15, -0.1) is 11.3 Å². The van der Waals surface area contributed by atoms with Crippen molar-refractivity contribution in [3.8, 4) is 0 Å². The topological polar surface area (TPSA) is 75.3 Å². The second-order valence-electron chi connectivity index (χ2n) is 4.15. The molecule has 0 aliphatic rings. The van der Waals surface area contributed by atoms with Gasteiger partial charge in [0.2, 0.25) is 5.91 Å². The third-order valence-corrected chi connectivity index (χ3v) is 5.36. The minimum absolute atomic E-state index is 0.0119. The predicted molar refractivity (Wildman–Crippen MR) is 80.8 cm³/mol. The van der Waals surface area contributed by atoms with Gasteiger partial charge in [0.25, 0.3) is 10.0 Å². The smallest absolute Gasteiger partial charge is 0.264 e. The normalized spacial score (nSPS) is 11.3. The number of halogens is 3. The van der Waals surface area contributed by atoms with Crippen molar-refractivity contribution in [2.45, 2.75) is 11.8 Å². The molecule has 10 heteroatoms. The van der Waals surface area contributed by atoms with E-state index in [1.54, 1.807) is 0 Å². The Balaban J connectivity index is 2.43. The Kier molecular flexibility index (Phi) is 4.69. The van der Waals surface area contributed by atoms with Gasteiger partial charge in [-0.2, -0.15) is 0 Å². The van der Waals surface area contributed by atoms with Crippen LogP contribution in [-0.4, -0.2) is 14.3 Å². The van der Waals surface area contributed by atoms with Gasteiger partial charge in [-0.3, -0.25) is 9.52 Å². The van der Waals surface area contributed by atoms with Crippen molar-refractivity contribution < 1.29 is 22.0 Å². The fourth-order valence-corrected chi connectivity index (χ4v) is 4.35. The van der Waals surface area contributed by atoms with Crippen LogP contribution in [0.4, 0.5) is 20.2 Å². The molecule has 1 heterocycles. The maximum absolute atomic E-state index is 14.2. The van der Waals surface area contributed by atoms with Crippen molar-refractivity contribution in [3.05, 3.63) is 39.5 Å². The van der Waals surface area contributed by atoms with Crippen LogP contribution >= 0.6 is 22.9 Å². The van der Waals surface area contributed by atoms with Gasteiger partial charge in [-0.1, -0.05) is 11.6 Å². The van der Waals surface area contributed by atoms with Crippen LogP contribution in [0.5, 0.6) is 0 Å². The molecule has 118 valence electrons. The molecule has 1 aromatic heterocycles. The molecule has 0 aliphatic carbocycles. The minimum Gasteiger partial charge on any atom is -0.321 e. The first-order chi connectivity index (χ1) is 10.2. The van der Waals surface area contributed by atoms with E-state index in [2.05, 4.69) is 0 Å². The molecule has 0 saturated carbocycles. The first-order valence-electron chi connectivity index (χ1n) is 5.72. The summed E-state index contributed by atoms with van der Waals surface area (Å²) in [5.74, 6) is -2.95. The summed E-state index contributed by atoms with van der Waals surface area (Å²) in [6.45, 7) is 1.07. The summed E-state index contributed by atoms with van der Waals surface area (Å²) in [4.78, 5) is 10.7. The molecule has 2 N–H and O–H groups in total. The van der Waals surface area contributed by atoms with Gasteiger partial charge in [0.15, 0.2) is 5.82 Å². The molecule has 1 aromatic carbocycles. The molecule has 2 aromatic rings. The monoisotopic (exact) mass is 366 g/mol. The van der Waals surface area contributed by atoms with Crippen LogP contribution in [0.1, 0.15) is 6.92 Å². The van der Waals surface area contributed by atoms with Crippen LogP contribution in [0.2, 0.25) is 5.02 Å². The highest BCUT2D eigenvalue weighted by Crippen LogP contribution is 2.30. The Morgan fingerprint density at radius 2 is 1.95 bits per heavy atom. The minimum atomic E-state index is -4.13. The Morgan fingerprint density at radius 1 is 1.27 bits per heavy atom. The molecule has 5 nitrogen and oxygen atoms in total. The third-order valence-electron chi connectivity index (χ3n) is 2.51. The number of amides is 1. The second-order valence-corrected chi connectivity index (χ2v) is 6.96. The molecule has 2 rings (SSSR count). The van der Waals surface area contributed by atoms with Gasteiger partial charge < -0.3 is 5.32 Å². The van der Waals surface area contributed by atoms with Gasteiger partial charge in [-0.05, 0) is 12.1 Å². The van der Waals surface area contributed by atoms with Crippen molar-refractivity contribution >= 4 is 50.2 Å². The van der Waals surface area contributed by atoms with Crippen LogP contribution in [0.15, 0.2) is 27.8 Å². The number of nitrogens with one attached hydrogen (secondary N) is 2. The van der Waals surface area contributed by atoms with E-state index in [0.29, 0.717) is 0 Å². The lowest BCUT2D eigenvalue weighted by Crippen LogP contribution is -2.16. The van der Waals surface area contributed by atoms with Crippen LogP contribution in [0.25, 0.3) is 0 Å². The molecular weight excluding hydrogens is 358 g/mol. The molecule has 0 bridgehead atoms. The summed E-state index contributed by atoms with van der Waals surface area (Å²) in [5.41, 5.74) is -1.24. The zero-order valence-corrected chi connectivity index (χ0v) is 13.4. The Morgan fingerprint density at radius 3 is 2.50 bits per heavy atom. The van der Waals surface area contributed by atoms with E-state index >= 15 is 0 Å². The van der Waals surface area contributed by atoms with E-state index in [9.17, 15) is 22.0 Å². The molecule has 0 atom stereocenters. The van der Waals surface area contributed by atoms with Crippen molar-refractivity contribution in [2.24, 2.45) is 0 Å². The largest absolute Gasteiger partial charge is 0.321 e. The third kappa shape index (κ3) is 3.37. The molecule has 0 spiro atoms. The fraction of sp³-hybridized carbons (Fsp3) is 0.0833. The summed E-state index contributed by atoms with van der Waals surface area (Å²) in [6.07, 6.45) is 0. The molecule has 0 fully saturated rings. The lowest BCUT2D eigenvalue weighted by molar-refractivity contribution is -0.114. The maximum atomic E-state index is 14.2. The molecule has 22 heavy (non-hydrogen) atoms. The van der Waals surface area contributed by atoms with Crippen molar-refractivity contribution in [2.75, 3.05) is 10.0 Å². The average molecular weight is 367 g/mol. The first-order valence-corrected chi connectivity index (χ1v) is 8.53. The second kappa shape index (κ2) is 6.19. The summed E-state index contributed by atoms with van der Waals surface area (Å²) in [5, 5.41) is 4.64. The highest BCUT2D eigenvalue weighted by atomic mass is 35.5. The maximum Gasteiger partial charge on any atom is 0.264 e. The SMILES string of the molecule is CC(=O)Nc1c(F)ccc(NS(=O)(=O)c2cscc2Cl)c1F. The van der Waals surface area contributed by atoms with E-state index in [4.69, 9.17) is 11.6 Å².